The van der Waals surface area contributed by atoms with Gasteiger partial charge in [-0.1, -0.05) is 5.16 Å². The molecule has 1 atom stereocenters. The van der Waals surface area contributed by atoms with Gasteiger partial charge in [-0.2, -0.15) is 0 Å². The van der Waals surface area contributed by atoms with Crippen molar-refractivity contribution in [3.05, 3.63) is 0 Å². The van der Waals surface area contributed by atoms with Gasteiger partial charge in [-0.3, -0.25) is 0 Å². The van der Waals surface area contributed by atoms with Crippen molar-refractivity contribution in [3.63, 3.8) is 0 Å². The average molecular weight is 216 g/mol. The Morgan fingerprint density at radius 2 is 2.53 bits per heavy atom. The Balaban J connectivity index is 2.04. The van der Waals surface area contributed by atoms with Crippen LogP contribution < -0.4 is 11.1 Å². The molecule has 0 spiro atoms. The summed E-state index contributed by atoms with van der Waals surface area (Å²) in [5.41, 5.74) is 5.33. The van der Waals surface area contributed by atoms with E-state index in [1.165, 1.54) is 0 Å². The molecule has 6 nitrogen and oxygen atoms in total. The Kier molecular flexibility index (Phi) is 5.38. The van der Waals surface area contributed by atoms with E-state index < -0.39 is 0 Å². The molecule has 1 aliphatic heterocycles. The lowest BCUT2D eigenvalue weighted by Crippen LogP contribution is -2.45. The van der Waals surface area contributed by atoms with Crippen LogP contribution in [0.4, 0.5) is 0 Å². The molecule has 88 valence electrons. The molecule has 1 heterocycles. The molecular formula is C9H20N4O2. The molecule has 0 aromatic heterocycles. The summed E-state index contributed by atoms with van der Waals surface area (Å²) >= 11 is 0. The van der Waals surface area contributed by atoms with E-state index >= 15 is 0 Å². The fourth-order valence-corrected chi connectivity index (χ4v) is 1.52. The van der Waals surface area contributed by atoms with Crippen LogP contribution in [-0.2, 0) is 4.74 Å². The Hall–Kier alpha value is -0.850. The molecule has 4 N–H and O–H groups in total. The van der Waals surface area contributed by atoms with Crippen molar-refractivity contribution < 1.29 is 9.94 Å². The number of nitrogens with zero attached hydrogens (tertiary/aromatic N) is 2. The number of rotatable bonds is 5. The molecule has 0 saturated carbocycles. The molecule has 0 amide bonds. The van der Waals surface area contributed by atoms with Crippen LogP contribution in [0.5, 0.6) is 0 Å². The second-order valence-corrected chi connectivity index (χ2v) is 3.80. The normalized spacial score (nSPS) is 24.3. The third-order valence-electron chi connectivity index (χ3n) is 2.40. The predicted molar refractivity (Wildman–Crippen MR) is 58.1 cm³/mol. The van der Waals surface area contributed by atoms with Crippen LogP contribution in [-0.4, -0.2) is 61.9 Å². The number of morpholine rings is 1. The quantitative estimate of drug-likeness (QED) is 0.181. The molecular weight excluding hydrogens is 196 g/mol. The van der Waals surface area contributed by atoms with Gasteiger partial charge in [0.05, 0.1) is 12.7 Å². The first-order valence-electron chi connectivity index (χ1n) is 5.19. The highest BCUT2D eigenvalue weighted by Crippen LogP contribution is 2.01. The molecule has 1 rings (SSSR count). The zero-order valence-corrected chi connectivity index (χ0v) is 9.15. The largest absolute Gasteiger partial charge is 0.409 e. The molecule has 6 heteroatoms. The molecule has 1 saturated heterocycles. The van der Waals surface area contributed by atoms with Crippen molar-refractivity contribution in [1.82, 2.24) is 10.2 Å². The highest BCUT2D eigenvalue weighted by atomic mass is 16.5. The van der Waals surface area contributed by atoms with Crippen LogP contribution in [0.3, 0.4) is 0 Å². The van der Waals surface area contributed by atoms with Gasteiger partial charge in [0.1, 0.15) is 5.84 Å². The van der Waals surface area contributed by atoms with Crippen molar-refractivity contribution in [3.8, 4) is 0 Å². The van der Waals surface area contributed by atoms with Crippen LogP contribution in [0, 0.1) is 0 Å². The first-order valence-corrected chi connectivity index (χ1v) is 5.19. The van der Waals surface area contributed by atoms with E-state index in [1.54, 1.807) is 0 Å². The number of hydrogen-bond acceptors (Lipinski definition) is 5. The van der Waals surface area contributed by atoms with Crippen LogP contribution >= 0.6 is 0 Å². The second-order valence-electron chi connectivity index (χ2n) is 3.80. The van der Waals surface area contributed by atoms with Gasteiger partial charge >= 0.3 is 0 Å². The van der Waals surface area contributed by atoms with Crippen molar-refractivity contribution in [2.24, 2.45) is 10.9 Å². The van der Waals surface area contributed by atoms with E-state index in [2.05, 4.69) is 22.4 Å². The summed E-state index contributed by atoms with van der Waals surface area (Å²) < 4.78 is 5.57. The highest BCUT2D eigenvalue weighted by Gasteiger charge is 2.16. The van der Waals surface area contributed by atoms with E-state index in [0.717, 1.165) is 26.2 Å². The highest BCUT2D eigenvalue weighted by molar-refractivity contribution is 5.79. The number of nitrogens with two attached hydrogens (primary N) is 1. The first-order chi connectivity index (χ1) is 7.22. The summed E-state index contributed by atoms with van der Waals surface area (Å²) in [7, 11) is 2.09. The lowest BCUT2D eigenvalue weighted by Gasteiger charge is -2.30. The van der Waals surface area contributed by atoms with Gasteiger partial charge in [0.15, 0.2) is 0 Å². The minimum atomic E-state index is 0.246. The Morgan fingerprint density at radius 1 is 1.73 bits per heavy atom. The predicted octanol–water partition coefficient (Wildman–Crippen LogP) is -0.957. The lowest BCUT2D eigenvalue weighted by atomic mass is 10.3. The summed E-state index contributed by atoms with van der Waals surface area (Å²) in [6, 6.07) is 0. The molecule has 0 radical (unpaired) electrons. The van der Waals surface area contributed by atoms with Crippen molar-refractivity contribution in [1.29, 1.82) is 0 Å². The van der Waals surface area contributed by atoms with Gasteiger partial charge in [-0.25, -0.2) is 0 Å². The van der Waals surface area contributed by atoms with Gasteiger partial charge in [-0.05, 0) is 7.05 Å². The molecule has 1 aliphatic rings. The minimum Gasteiger partial charge on any atom is -0.409 e. The zero-order valence-electron chi connectivity index (χ0n) is 9.15. The Labute approximate surface area is 90.1 Å². The van der Waals surface area contributed by atoms with E-state index in [4.69, 9.17) is 15.7 Å². The lowest BCUT2D eigenvalue weighted by molar-refractivity contribution is -0.0179. The monoisotopic (exact) mass is 216 g/mol. The molecule has 15 heavy (non-hydrogen) atoms. The van der Waals surface area contributed by atoms with E-state index in [9.17, 15) is 0 Å². The number of hydrogen-bond donors (Lipinski definition) is 3. The topological polar surface area (TPSA) is 83.1 Å². The smallest absolute Gasteiger partial charge is 0.140 e. The van der Waals surface area contributed by atoms with Crippen molar-refractivity contribution in [2.75, 3.05) is 39.8 Å². The van der Waals surface area contributed by atoms with E-state index in [1.807, 2.05) is 0 Å². The fourth-order valence-electron chi connectivity index (χ4n) is 1.52. The van der Waals surface area contributed by atoms with Crippen LogP contribution in [0.1, 0.15) is 6.42 Å². The van der Waals surface area contributed by atoms with Crippen molar-refractivity contribution in [2.45, 2.75) is 12.5 Å². The molecule has 1 unspecified atom stereocenters. The van der Waals surface area contributed by atoms with Crippen LogP contribution in [0.25, 0.3) is 0 Å². The van der Waals surface area contributed by atoms with Gasteiger partial charge < -0.3 is 25.9 Å². The third kappa shape index (κ3) is 4.96. The van der Waals surface area contributed by atoms with E-state index in [0.29, 0.717) is 13.0 Å². The van der Waals surface area contributed by atoms with Crippen molar-refractivity contribution >= 4 is 5.84 Å². The maximum atomic E-state index is 8.32. The first kappa shape index (κ1) is 12.2. The van der Waals surface area contributed by atoms with Gasteiger partial charge in [0.2, 0.25) is 0 Å². The number of nitrogens with one attached hydrogen (secondary N) is 1. The summed E-state index contributed by atoms with van der Waals surface area (Å²) in [5.74, 6) is 0.254. The number of oxime groups is 1. The van der Waals surface area contributed by atoms with Crippen LogP contribution in [0.2, 0.25) is 0 Å². The maximum Gasteiger partial charge on any atom is 0.140 e. The van der Waals surface area contributed by atoms with Gasteiger partial charge in [0.25, 0.3) is 0 Å². The minimum absolute atomic E-state index is 0.246. The third-order valence-corrected chi connectivity index (χ3v) is 2.40. The zero-order chi connectivity index (χ0) is 11.1. The summed E-state index contributed by atoms with van der Waals surface area (Å²) in [5, 5.41) is 14.4. The SMILES string of the molecule is CN1CCOC(CNCCC(N)=NO)C1. The molecule has 1 fully saturated rings. The van der Waals surface area contributed by atoms with Gasteiger partial charge in [-0.15, -0.1) is 0 Å². The maximum absolute atomic E-state index is 8.32. The van der Waals surface area contributed by atoms with Crippen LogP contribution in [0.15, 0.2) is 5.16 Å². The Bertz CT molecular complexity index is 210. The molecule has 0 aromatic carbocycles. The number of likely N-dealkylation sites (N-methyl/N-ethyl adjacent to an activating group) is 1. The number of ether oxygens (including phenoxy) is 1. The molecule has 0 aromatic rings. The molecule has 0 bridgehead atoms. The van der Waals surface area contributed by atoms with E-state index in [-0.39, 0.29) is 11.9 Å². The Morgan fingerprint density at radius 3 is 3.20 bits per heavy atom. The number of amidine groups is 1. The summed E-state index contributed by atoms with van der Waals surface area (Å²) in [6.45, 7) is 4.27. The fraction of sp³-hybridized carbons (Fsp3) is 0.889. The molecule has 0 aliphatic carbocycles. The second kappa shape index (κ2) is 6.60. The van der Waals surface area contributed by atoms with Gasteiger partial charge in [0, 0.05) is 32.6 Å². The summed E-state index contributed by atoms with van der Waals surface area (Å²) in [4.78, 5) is 2.25. The average Bonchev–Trinajstić information content (AvgIpc) is 2.24. The summed E-state index contributed by atoms with van der Waals surface area (Å²) in [6.07, 6.45) is 0.801. The standard InChI is InChI=1S/C9H20N4O2/c1-13-4-5-15-8(7-13)6-11-3-2-9(10)12-14/h8,11,14H,2-7H2,1H3,(H2,10,12).